The number of aromatic nitrogens is 2. The average molecular weight is 509 g/mol. The van der Waals surface area contributed by atoms with E-state index in [4.69, 9.17) is 42.1 Å². The number of hydrogen-bond donors (Lipinski definition) is 1. The van der Waals surface area contributed by atoms with Gasteiger partial charge in [-0.1, -0.05) is 23.2 Å². The lowest BCUT2D eigenvalue weighted by atomic mass is 10.1. The summed E-state index contributed by atoms with van der Waals surface area (Å²) in [6.07, 6.45) is 1.33. The van der Waals surface area contributed by atoms with Crippen LogP contribution in [0.25, 0.3) is 10.9 Å². The summed E-state index contributed by atoms with van der Waals surface area (Å²) in [5.41, 5.74) is 0.746. The highest BCUT2D eigenvalue weighted by Gasteiger charge is 2.31. The Bertz CT molecular complexity index is 1200. The lowest BCUT2D eigenvalue weighted by molar-refractivity contribution is -0.124. The number of methoxy groups -OCH3 is 1. The first kappa shape index (κ1) is 23.3. The van der Waals surface area contributed by atoms with Gasteiger partial charge in [0.05, 0.1) is 54.2 Å². The van der Waals surface area contributed by atoms with Gasteiger partial charge in [0.25, 0.3) is 0 Å². The van der Waals surface area contributed by atoms with Crippen LogP contribution in [0.1, 0.15) is 0 Å². The second kappa shape index (κ2) is 10.1. The number of morpholine rings is 2. The molecular weight excluding hydrogens is 486 g/mol. The molecule has 0 amide bonds. The third-order valence-electron chi connectivity index (χ3n) is 5.95. The molecule has 2 atom stereocenters. The lowest BCUT2D eigenvalue weighted by Crippen LogP contribution is -2.56. The second-order valence-electron chi connectivity index (χ2n) is 8.08. The molecule has 2 fully saturated rings. The van der Waals surface area contributed by atoms with Crippen LogP contribution in [0.3, 0.4) is 0 Å². The zero-order valence-corrected chi connectivity index (χ0v) is 19.9. The first-order valence-electron chi connectivity index (χ1n) is 10.8. The van der Waals surface area contributed by atoms with Crippen LogP contribution < -0.4 is 14.8 Å². The highest BCUT2D eigenvalue weighted by Crippen LogP contribution is 2.36. The molecule has 2 aromatic carbocycles. The largest absolute Gasteiger partial charge is 0.493 e. The van der Waals surface area contributed by atoms with Gasteiger partial charge in [-0.15, -0.1) is 0 Å². The van der Waals surface area contributed by atoms with Crippen molar-refractivity contribution in [2.24, 2.45) is 0 Å². The van der Waals surface area contributed by atoms with Gasteiger partial charge in [0.2, 0.25) is 0 Å². The summed E-state index contributed by atoms with van der Waals surface area (Å²) in [7, 11) is 1.55. The molecule has 11 heteroatoms. The molecule has 34 heavy (non-hydrogen) atoms. The highest BCUT2D eigenvalue weighted by atomic mass is 35.5. The number of halogens is 3. The Morgan fingerprint density at radius 2 is 2.09 bits per heavy atom. The van der Waals surface area contributed by atoms with E-state index in [2.05, 4.69) is 20.2 Å². The molecule has 3 aromatic rings. The Morgan fingerprint density at radius 1 is 1.21 bits per heavy atom. The van der Waals surface area contributed by atoms with Gasteiger partial charge in [0.15, 0.2) is 17.3 Å². The van der Waals surface area contributed by atoms with Crippen molar-refractivity contribution in [1.82, 2.24) is 14.9 Å². The monoisotopic (exact) mass is 508 g/mol. The van der Waals surface area contributed by atoms with E-state index < -0.39 is 5.82 Å². The van der Waals surface area contributed by atoms with E-state index in [1.807, 2.05) is 0 Å². The smallest absolute Gasteiger partial charge is 0.166 e. The van der Waals surface area contributed by atoms with E-state index in [0.29, 0.717) is 54.1 Å². The Balaban J connectivity index is 1.36. The van der Waals surface area contributed by atoms with E-state index in [1.165, 1.54) is 18.5 Å². The van der Waals surface area contributed by atoms with E-state index in [9.17, 15) is 4.39 Å². The third kappa shape index (κ3) is 4.71. The van der Waals surface area contributed by atoms with E-state index >= 15 is 0 Å². The van der Waals surface area contributed by atoms with Crippen molar-refractivity contribution in [3.63, 3.8) is 0 Å². The molecule has 0 radical (unpaired) electrons. The molecule has 0 saturated carbocycles. The number of rotatable bonds is 6. The zero-order valence-electron chi connectivity index (χ0n) is 18.4. The van der Waals surface area contributed by atoms with Crippen LogP contribution in [0.15, 0.2) is 30.6 Å². The standard InChI is InChI=1S/C23H23Cl2FN4O4/c1-31-19-6-15-18(27-12-28-23(15)29-17-3-2-16(24)21(25)22(17)26)7-20(19)34-11-14-8-30-4-5-32-9-13(30)10-33-14/h2-3,6-7,12-14H,4-5,8-11H2,1H3,(H,27,28,29)/t13-,14-/m0/s1. The number of nitrogens with one attached hydrogen (secondary N) is 1. The SMILES string of the molecule is COc1cc2c(Nc3ccc(Cl)c(Cl)c3F)ncnc2cc1OC[C@@H]1CN2CCOC[C@H]2CO1. The minimum Gasteiger partial charge on any atom is -0.493 e. The molecule has 0 aliphatic carbocycles. The average Bonchev–Trinajstić information content (AvgIpc) is 2.87. The van der Waals surface area contributed by atoms with E-state index in [1.54, 1.807) is 19.2 Å². The fraction of sp³-hybridized carbons (Fsp3) is 0.391. The predicted molar refractivity (Wildman–Crippen MR) is 127 cm³/mol. The van der Waals surface area contributed by atoms with E-state index in [-0.39, 0.29) is 21.8 Å². The first-order valence-corrected chi connectivity index (χ1v) is 11.6. The summed E-state index contributed by atoms with van der Waals surface area (Å²) < 4.78 is 37.7. The molecular formula is C23H23Cl2FN4O4. The molecule has 2 aliphatic heterocycles. The second-order valence-corrected chi connectivity index (χ2v) is 8.87. The maximum absolute atomic E-state index is 14.5. The number of fused-ring (bicyclic) bond motifs is 2. The molecule has 180 valence electrons. The Kier molecular flexibility index (Phi) is 6.89. The number of anilines is 2. The number of benzene rings is 2. The third-order valence-corrected chi connectivity index (χ3v) is 6.73. The Morgan fingerprint density at radius 3 is 2.94 bits per heavy atom. The van der Waals surface area contributed by atoms with Crippen LogP contribution in [0.2, 0.25) is 10.0 Å². The summed E-state index contributed by atoms with van der Waals surface area (Å²) in [5.74, 6) is 0.761. The van der Waals surface area contributed by atoms with Crippen LogP contribution in [0.5, 0.6) is 11.5 Å². The van der Waals surface area contributed by atoms with Crippen LogP contribution in [0, 0.1) is 5.82 Å². The van der Waals surface area contributed by atoms with Crippen molar-refractivity contribution in [3.05, 3.63) is 46.5 Å². The minimum absolute atomic E-state index is 0.0602. The molecule has 5 rings (SSSR count). The molecule has 2 saturated heterocycles. The summed E-state index contributed by atoms with van der Waals surface area (Å²) in [4.78, 5) is 11.0. The quantitative estimate of drug-likeness (QED) is 0.493. The fourth-order valence-electron chi connectivity index (χ4n) is 4.11. The number of ether oxygens (including phenoxy) is 4. The van der Waals surface area contributed by atoms with Gasteiger partial charge in [-0.25, -0.2) is 14.4 Å². The van der Waals surface area contributed by atoms with Gasteiger partial charge in [0.1, 0.15) is 24.9 Å². The lowest BCUT2D eigenvalue weighted by Gasteiger charge is -2.41. The zero-order chi connectivity index (χ0) is 23.7. The minimum atomic E-state index is -0.664. The van der Waals surface area contributed by atoms with Crippen LogP contribution >= 0.6 is 23.2 Å². The highest BCUT2D eigenvalue weighted by molar-refractivity contribution is 6.42. The molecule has 0 bridgehead atoms. The van der Waals surface area contributed by atoms with Crippen molar-refractivity contribution >= 4 is 45.6 Å². The van der Waals surface area contributed by atoms with Crippen LogP contribution in [-0.2, 0) is 9.47 Å². The first-order chi connectivity index (χ1) is 16.5. The topological polar surface area (TPSA) is 78.0 Å². The van der Waals surface area contributed by atoms with Crippen LogP contribution in [0.4, 0.5) is 15.9 Å². The predicted octanol–water partition coefficient (Wildman–Crippen LogP) is 4.31. The summed E-state index contributed by atoms with van der Waals surface area (Å²) in [6, 6.07) is 6.84. The Labute approximate surface area is 205 Å². The van der Waals surface area contributed by atoms with Gasteiger partial charge in [-0.2, -0.15) is 0 Å². The molecule has 2 aliphatic rings. The van der Waals surface area contributed by atoms with Crippen molar-refractivity contribution in [2.75, 3.05) is 51.9 Å². The summed E-state index contributed by atoms with van der Waals surface area (Å²) in [6.45, 7) is 4.12. The molecule has 1 aromatic heterocycles. The Hall–Kier alpha value is -2.43. The van der Waals surface area contributed by atoms with Crippen molar-refractivity contribution in [3.8, 4) is 11.5 Å². The normalized spacial score (nSPS) is 20.7. The maximum atomic E-state index is 14.5. The van der Waals surface area contributed by atoms with Crippen molar-refractivity contribution in [1.29, 1.82) is 0 Å². The molecule has 0 spiro atoms. The van der Waals surface area contributed by atoms with Gasteiger partial charge in [-0.3, -0.25) is 4.90 Å². The number of hydrogen-bond acceptors (Lipinski definition) is 8. The number of nitrogens with zero attached hydrogens (tertiary/aromatic N) is 3. The van der Waals surface area contributed by atoms with Gasteiger partial charge in [-0.05, 0) is 18.2 Å². The van der Waals surface area contributed by atoms with Crippen molar-refractivity contribution in [2.45, 2.75) is 12.1 Å². The molecule has 0 unspecified atom stereocenters. The summed E-state index contributed by atoms with van der Waals surface area (Å²) in [5, 5.41) is 3.56. The van der Waals surface area contributed by atoms with Gasteiger partial charge < -0.3 is 24.3 Å². The van der Waals surface area contributed by atoms with Crippen molar-refractivity contribution < 1.29 is 23.3 Å². The summed E-state index contributed by atoms with van der Waals surface area (Å²) >= 11 is 11.8. The maximum Gasteiger partial charge on any atom is 0.166 e. The van der Waals surface area contributed by atoms with Gasteiger partial charge >= 0.3 is 0 Å². The van der Waals surface area contributed by atoms with Crippen LogP contribution in [-0.4, -0.2) is 73.6 Å². The molecule has 3 heterocycles. The van der Waals surface area contributed by atoms with E-state index in [0.717, 1.165) is 19.7 Å². The molecule has 1 N–H and O–H groups in total. The fourth-order valence-corrected chi connectivity index (χ4v) is 4.42. The molecule has 8 nitrogen and oxygen atoms in total. The van der Waals surface area contributed by atoms with Gasteiger partial charge in [0, 0.05) is 24.5 Å².